The predicted octanol–water partition coefficient (Wildman–Crippen LogP) is 3.05. The summed E-state index contributed by atoms with van der Waals surface area (Å²) < 4.78 is 23.6. The second kappa shape index (κ2) is 7.50. The molecule has 140 valence electrons. The molecule has 0 saturated heterocycles. The van der Waals surface area contributed by atoms with Crippen molar-refractivity contribution in [2.45, 2.75) is 11.8 Å². The van der Waals surface area contributed by atoms with Gasteiger partial charge in [0.25, 0.3) is 0 Å². The van der Waals surface area contributed by atoms with E-state index >= 15 is 0 Å². The second-order valence-corrected chi connectivity index (χ2v) is 8.48. The van der Waals surface area contributed by atoms with Crippen molar-refractivity contribution in [1.82, 2.24) is 9.97 Å². The third-order valence-corrected chi connectivity index (χ3v) is 5.27. The van der Waals surface area contributed by atoms with Crippen LogP contribution in [0.25, 0.3) is 10.9 Å². The van der Waals surface area contributed by atoms with Gasteiger partial charge in [0.1, 0.15) is 12.1 Å². The summed E-state index contributed by atoms with van der Waals surface area (Å²) in [7, 11) is -3.37. The van der Waals surface area contributed by atoms with Crippen molar-refractivity contribution in [2.75, 3.05) is 23.4 Å². The van der Waals surface area contributed by atoms with Gasteiger partial charge in [0, 0.05) is 11.6 Å². The molecule has 3 aromatic rings. The maximum absolute atomic E-state index is 12.2. The number of nitrogens with zero attached hydrogens (tertiary/aromatic N) is 2. The normalized spacial score (nSPS) is 11.4. The van der Waals surface area contributed by atoms with Gasteiger partial charge >= 0.3 is 0 Å². The number of hydrogen-bond acceptors (Lipinski definition) is 6. The molecule has 0 bridgehead atoms. The van der Waals surface area contributed by atoms with Gasteiger partial charge in [-0.05, 0) is 42.8 Å². The summed E-state index contributed by atoms with van der Waals surface area (Å²) in [5.41, 5.74) is 2.08. The van der Waals surface area contributed by atoms with E-state index < -0.39 is 9.84 Å². The molecule has 0 fully saturated rings. The van der Waals surface area contributed by atoms with Crippen molar-refractivity contribution >= 4 is 49.8 Å². The Bertz CT molecular complexity index is 1130. The molecule has 2 aromatic carbocycles. The van der Waals surface area contributed by atoms with E-state index in [2.05, 4.69) is 20.6 Å². The third kappa shape index (κ3) is 4.53. The molecule has 0 radical (unpaired) electrons. The molecule has 0 spiro atoms. The van der Waals surface area contributed by atoms with Crippen LogP contribution in [0.15, 0.2) is 47.6 Å². The van der Waals surface area contributed by atoms with Crippen molar-refractivity contribution in [3.05, 3.63) is 53.3 Å². The zero-order valence-electron chi connectivity index (χ0n) is 14.7. The van der Waals surface area contributed by atoms with Gasteiger partial charge in [0.2, 0.25) is 5.91 Å². The summed E-state index contributed by atoms with van der Waals surface area (Å²) in [6.07, 6.45) is 2.48. The monoisotopic (exact) mass is 404 g/mol. The lowest BCUT2D eigenvalue weighted by molar-refractivity contribution is -0.114. The number of aryl methyl sites for hydroxylation is 1. The van der Waals surface area contributed by atoms with E-state index in [1.165, 1.54) is 18.5 Å². The van der Waals surface area contributed by atoms with Crippen molar-refractivity contribution in [3.63, 3.8) is 0 Å². The van der Waals surface area contributed by atoms with Crippen LogP contribution in [0.1, 0.15) is 5.56 Å². The number of nitrogens with one attached hydrogen (secondary N) is 2. The maximum Gasteiger partial charge on any atom is 0.243 e. The van der Waals surface area contributed by atoms with E-state index in [-0.39, 0.29) is 17.3 Å². The minimum Gasteiger partial charge on any atom is -0.360 e. The lowest BCUT2D eigenvalue weighted by atomic mass is 10.2. The summed E-state index contributed by atoms with van der Waals surface area (Å²) in [6.45, 7) is 1.84. The first-order valence-electron chi connectivity index (χ1n) is 7.99. The lowest BCUT2D eigenvalue weighted by Crippen LogP contribution is -2.22. The van der Waals surface area contributed by atoms with Gasteiger partial charge in [-0.25, -0.2) is 18.4 Å². The second-order valence-electron chi connectivity index (χ2n) is 6.06. The van der Waals surface area contributed by atoms with Crippen LogP contribution in [0, 0.1) is 6.92 Å². The van der Waals surface area contributed by atoms with Crippen LogP contribution in [0.3, 0.4) is 0 Å². The number of carbonyl (C=O) groups is 1. The summed E-state index contributed by atoms with van der Waals surface area (Å²) in [5.74, 6) is 0.0578. The van der Waals surface area contributed by atoms with E-state index in [0.717, 1.165) is 11.8 Å². The molecule has 0 aliphatic carbocycles. The number of benzene rings is 2. The highest BCUT2D eigenvalue weighted by Gasteiger charge is 2.12. The van der Waals surface area contributed by atoms with Crippen molar-refractivity contribution in [2.24, 2.45) is 0 Å². The summed E-state index contributed by atoms with van der Waals surface area (Å²) in [4.78, 5) is 20.6. The average molecular weight is 405 g/mol. The first kappa shape index (κ1) is 19.1. The topological polar surface area (TPSA) is 101 Å². The first-order valence-corrected chi connectivity index (χ1v) is 10.3. The molecule has 0 saturated carbocycles. The number of sulfone groups is 1. The van der Waals surface area contributed by atoms with Crippen molar-refractivity contribution in [1.29, 1.82) is 0 Å². The molecule has 3 rings (SSSR count). The molecule has 7 nitrogen and oxygen atoms in total. The molecular weight excluding hydrogens is 388 g/mol. The van der Waals surface area contributed by atoms with Gasteiger partial charge in [-0.3, -0.25) is 4.79 Å². The van der Waals surface area contributed by atoms with E-state index in [1.54, 1.807) is 18.2 Å². The average Bonchev–Trinajstić information content (AvgIpc) is 2.61. The van der Waals surface area contributed by atoms with E-state index in [1.807, 2.05) is 13.0 Å². The van der Waals surface area contributed by atoms with Gasteiger partial charge < -0.3 is 10.6 Å². The van der Waals surface area contributed by atoms with Crippen molar-refractivity contribution in [3.8, 4) is 0 Å². The summed E-state index contributed by atoms with van der Waals surface area (Å²) in [6, 6.07) is 9.91. The van der Waals surface area contributed by atoms with Crippen molar-refractivity contribution < 1.29 is 13.2 Å². The Hall–Kier alpha value is -2.71. The molecule has 2 N–H and O–H groups in total. The predicted molar refractivity (Wildman–Crippen MR) is 106 cm³/mol. The number of fused-ring (bicyclic) bond motifs is 1. The van der Waals surface area contributed by atoms with Gasteiger partial charge in [-0.15, -0.1) is 0 Å². The standard InChI is InChI=1S/C18H17ClN4O3S/c1-11-3-5-16(14(19)7-11)23-17(24)9-20-18-13-8-12(27(2,25)26)4-6-15(13)21-10-22-18/h3-8,10H,9H2,1-2H3,(H,23,24)(H,20,21,22). The molecule has 0 unspecified atom stereocenters. The fraction of sp³-hybridized carbons (Fsp3) is 0.167. The number of aromatic nitrogens is 2. The molecule has 27 heavy (non-hydrogen) atoms. The molecule has 9 heteroatoms. The Labute approximate surface area is 161 Å². The summed E-state index contributed by atoms with van der Waals surface area (Å²) >= 11 is 6.12. The molecule has 1 heterocycles. The fourth-order valence-electron chi connectivity index (χ4n) is 2.49. The smallest absolute Gasteiger partial charge is 0.243 e. The maximum atomic E-state index is 12.2. The van der Waals surface area contributed by atoms with E-state index in [9.17, 15) is 13.2 Å². The van der Waals surface area contributed by atoms with Crippen LogP contribution in [-0.2, 0) is 14.6 Å². The summed E-state index contributed by atoms with van der Waals surface area (Å²) in [5, 5.41) is 6.60. The highest BCUT2D eigenvalue weighted by molar-refractivity contribution is 7.90. The fourth-order valence-corrected chi connectivity index (χ4v) is 3.42. The Balaban J connectivity index is 1.79. The highest BCUT2D eigenvalue weighted by atomic mass is 35.5. The van der Waals surface area contributed by atoms with Gasteiger partial charge in [0.05, 0.1) is 27.7 Å². The van der Waals surface area contributed by atoms with Gasteiger partial charge in [0.15, 0.2) is 9.84 Å². The number of hydrogen-bond donors (Lipinski definition) is 2. The molecule has 0 aliphatic heterocycles. The third-order valence-electron chi connectivity index (χ3n) is 3.85. The molecular formula is C18H17ClN4O3S. The Morgan fingerprint density at radius 2 is 1.93 bits per heavy atom. The number of rotatable bonds is 5. The SMILES string of the molecule is Cc1ccc(NC(=O)CNc2ncnc3ccc(S(C)(=O)=O)cc23)c(Cl)c1. The van der Waals surface area contributed by atoms with E-state index in [4.69, 9.17) is 11.6 Å². The number of amides is 1. The Morgan fingerprint density at radius 1 is 1.15 bits per heavy atom. The minimum absolute atomic E-state index is 0.0700. The first-order chi connectivity index (χ1) is 12.7. The number of anilines is 2. The molecule has 1 amide bonds. The Morgan fingerprint density at radius 3 is 2.63 bits per heavy atom. The van der Waals surface area contributed by atoms with Gasteiger partial charge in [-0.2, -0.15) is 0 Å². The van der Waals surface area contributed by atoms with Gasteiger partial charge in [-0.1, -0.05) is 17.7 Å². The Kier molecular flexibility index (Phi) is 5.29. The van der Waals surface area contributed by atoms with Crippen LogP contribution < -0.4 is 10.6 Å². The highest BCUT2D eigenvalue weighted by Crippen LogP contribution is 2.24. The van der Waals surface area contributed by atoms with Crippen LogP contribution in [0.2, 0.25) is 5.02 Å². The van der Waals surface area contributed by atoms with Crippen LogP contribution in [0.4, 0.5) is 11.5 Å². The minimum atomic E-state index is -3.37. The van der Waals surface area contributed by atoms with Crippen LogP contribution in [-0.4, -0.2) is 37.1 Å². The number of carbonyl (C=O) groups excluding carboxylic acids is 1. The van der Waals surface area contributed by atoms with E-state index in [0.29, 0.717) is 27.4 Å². The lowest BCUT2D eigenvalue weighted by Gasteiger charge is -2.11. The molecule has 0 atom stereocenters. The quantitative estimate of drug-likeness (QED) is 0.677. The van der Waals surface area contributed by atoms with Crippen LogP contribution in [0.5, 0.6) is 0 Å². The molecule has 1 aromatic heterocycles. The zero-order chi connectivity index (χ0) is 19.6. The van der Waals surface area contributed by atoms with Crippen LogP contribution >= 0.6 is 11.6 Å². The largest absolute Gasteiger partial charge is 0.360 e. The zero-order valence-corrected chi connectivity index (χ0v) is 16.2. The molecule has 0 aliphatic rings. The number of halogens is 1.